The van der Waals surface area contributed by atoms with Gasteiger partial charge >= 0.3 is 0 Å². The quantitative estimate of drug-likeness (QED) is 0.555. The van der Waals surface area contributed by atoms with E-state index < -0.39 is 0 Å². The van der Waals surface area contributed by atoms with Gasteiger partial charge in [0.25, 0.3) is 5.91 Å². The summed E-state index contributed by atoms with van der Waals surface area (Å²) in [6.07, 6.45) is 3.40. The summed E-state index contributed by atoms with van der Waals surface area (Å²) >= 11 is 0. The maximum atomic E-state index is 13.1. The minimum absolute atomic E-state index is 0.0784. The van der Waals surface area contributed by atoms with Crippen LogP contribution in [0.2, 0.25) is 0 Å². The molecule has 0 saturated carbocycles. The molecule has 1 atom stereocenters. The molecular weight excluding hydrogens is 387 g/mol. The predicted molar refractivity (Wildman–Crippen MR) is 123 cm³/mol. The fraction of sp³-hybridized carbons (Fsp3) is 0.296. The molecular formula is C27H29FN2O. The summed E-state index contributed by atoms with van der Waals surface area (Å²) in [5.74, 6) is -0.333. The molecule has 4 heteroatoms. The summed E-state index contributed by atoms with van der Waals surface area (Å²) in [4.78, 5) is 15.0. The molecule has 0 bridgehead atoms. The van der Waals surface area contributed by atoms with E-state index >= 15 is 0 Å². The largest absolute Gasteiger partial charge is 0.352 e. The first-order valence-corrected chi connectivity index (χ1v) is 11.0. The summed E-state index contributed by atoms with van der Waals surface area (Å²) in [6.45, 7) is 5.12. The third-order valence-electron chi connectivity index (χ3n) is 6.12. The number of rotatable bonds is 7. The first-order valence-electron chi connectivity index (χ1n) is 11.0. The van der Waals surface area contributed by atoms with Gasteiger partial charge in [-0.2, -0.15) is 0 Å². The Hall–Kier alpha value is -2.98. The van der Waals surface area contributed by atoms with E-state index in [2.05, 4.69) is 41.4 Å². The van der Waals surface area contributed by atoms with E-state index in [9.17, 15) is 9.18 Å². The van der Waals surface area contributed by atoms with Gasteiger partial charge in [-0.3, -0.25) is 9.69 Å². The van der Waals surface area contributed by atoms with Crippen LogP contribution in [0, 0.1) is 5.82 Å². The Labute approximate surface area is 183 Å². The highest BCUT2D eigenvalue weighted by Crippen LogP contribution is 2.21. The van der Waals surface area contributed by atoms with Gasteiger partial charge in [-0.1, -0.05) is 48.5 Å². The molecule has 3 aromatic rings. The van der Waals surface area contributed by atoms with E-state index in [1.807, 2.05) is 24.3 Å². The van der Waals surface area contributed by atoms with Gasteiger partial charge in [-0.15, -0.1) is 0 Å². The SMILES string of the molecule is CC1CCCN1Cc1ccc(CCNC(=O)c2ccc(-c3ccc(F)cc3)cc2)cc1. The lowest BCUT2D eigenvalue weighted by Gasteiger charge is -2.21. The Morgan fingerprint density at radius 3 is 2.16 bits per heavy atom. The molecule has 0 aliphatic carbocycles. The molecule has 3 aromatic carbocycles. The smallest absolute Gasteiger partial charge is 0.251 e. The maximum Gasteiger partial charge on any atom is 0.251 e. The lowest BCUT2D eigenvalue weighted by atomic mass is 10.0. The third kappa shape index (κ3) is 5.59. The van der Waals surface area contributed by atoms with Crippen molar-refractivity contribution in [3.8, 4) is 11.1 Å². The standard InChI is InChI=1S/C27H29FN2O/c1-20-3-2-18-30(20)19-22-6-4-21(5-7-22)16-17-29-27(31)25-10-8-23(9-11-25)24-12-14-26(28)15-13-24/h4-15,20H,2-3,16-19H2,1H3,(H,29,31). The van der Waals surface area contributed by atoms with Crippen molar-refractivity contribution < 1.29 is 9.18 Å². The Bertz CT molecular complexity index is 997. The van der Waals surface area contributed by atoms with Gasteiger partial charge in [-0.25, -0.2) is 4.39 Å². The molecule has 31 heavy (non-hydrogen) atoms. The lowest BCUT2D eigenvalue weighted by Crippen LogP contribution is -2.26. The Balaban J connectivity index is 1.25. The normalized spacial score (nSPS) is 16.4. The highest BCUT2D eigenvalue weighted by molar-refractivity contribution is 5.94. The van der Waals surface area contributed by atoms with Crippen LogP contribution in [-0.2, 0) is 13.0 Å². The zero-order chi connectivity index (χ0) is 21.6. The van der Waals surface area contributed by atoms with Crippen LogP contribution < -0.4 is 5.32 Å². The van der Waals surface area contributed by atoms with Gasteiger partial charge in [0.15, 0.2) is 0 Å². The van der Waals surface area contributed by atoms with E-state index in [-0.39, 0.29) is 11.7 Å². The number of hydrogen-bond acceptors (Lipinski definition) is 2. The van der Waals surface area contributed by atoms with Gasteiger partial charge in [0.05, 0.1) is 0 Å². The minimum atomic E-state index is -0.254. The molecule has 0 aromatic heterocycles. The van der Waals surface area contributed by atoms with Crippen LogP contribution >= 0.6 is 0 Å². The fourth-order valence-corrected chi connectivity index (χ4v) is 4.15. The summed E-state index contributed by atoms with van der Waals surface area (Å²) in [6, 6.07) is 23.2. The number of carbonyl (C=O) groups excluding carboxylic acids is 1. The molecule has 1 aliphatic heterocycles. The van der Waals surface area contributed by atoms with Crippen molar-refractivity contribution in [3.05, 3.63) is 95.3 Å². The second-order valence-corrected chi connectivity index (χ2v) is 8.37. The zero-order valence-corrected chi connectivity index (χ0v) is 18.0. The number of hydrogen-bond donors (Lipinski definition) is 1. The fourth-order valence-electron chi connectivity index (χ4n) is 4.15. The number of nitrogens with one attached hydrogen (secondary N) is 1. The number of amides is 1. The summed E-state index contributed by atoms with van der Waals surface area (Å²) in [5.41, 5.74) is 5.09. The lowest BCUT2D eigenvalue weighted by molar-refractivity contribution is 0.0954. The molecule has 3 nitrogen and oxygen atoms in total. The number of nitrogens with zero attached hydrogens (tertiary/aromatic N) is 1. The van der Waals surface area contributed by atoms with Gasteiger partial charge in [0, 0.05) is 24.7 Å². The van der Waals surface area contributed by atoms with Gasteiger partial charge in [0.1, 0.15) is 5.82 Å². The van der Waals surface area contributed by atoms with Gasteiger partial charge in [0.2, 0.25) is 0 Å². The summed E-state index contributed by atoms with van der Waals surface area (Å²) in [7, 11) is 0. The monoisotopic (exact) mass is 416 g/mol. The highest BCUT2D eigenvalue weighted by atomic mass is 19.1. The molecule has 1 amide bonds. The number of carbonyl (C=O) groups is 1. The van der Waals surface area contributed by atoms with E-state index in [1.165, 1.54) is 42.6 Å². The van der Waals surface area contributed by atoms with E-state index in [0.29, 0.717) is 18.2 Å². The van der Waals surface area contributed by atoms with Crippen LogP contribution in [0.3, 0.4) is 0 Å². The van der Waals surface area contributed by atoms with Crippen molar-refractivity contribution in [2.75, 3.05) is 13.1 Å². The van der Waals surface area contributed by atoms with Crippen molar-refractivity contribution in [3.63, 3.8) is 0 Å². The van der Waals surface area contributed by atoms with Crippen LogP contribution in [-0.4, -0.2) is 29.9 Å². The molecule has 1 saturated heterocycles. The van der Waals surface area contributed by atoms with E-state index in [4.69, 9.17) is 0 Å². The Kier molecular flexibility index (Phi) is 6.78. The predicted octanol–water partition coefficient (Wildman–Crippen LogP) is 5.45. The molecule has 1 fully saturated rings. The average molecular weight is 417 g/mol. The van der Waals surface area contributed by atoms with Crippen LogP contribution in [0.4, 0.5) is 4.39 Å². The molecule has 1 N–H and O–H groups in total. The first-order chi connectivity index (χ1) is 15.1. The number of benzene rings is 3. The Morgan fingerprint density at radius 2 is 1.55 bits per heavy atom. The first kappa shape index (κ1) is 21.3. The molecule has 0 spiro atoms. The van der Waals surface area contributed by atoms with Crippen LogP contribution in [0.1, 0.15) is 41.3 Å². The minimum Gasteiger partial charge on any atom is -0.352 e. The molecule has 1 heterocycles. The van der Waals surface area contributed by atoms with E-state index in [1.54, 1.807) is 12.1 Å². The van der Waals surface area contributed by atoms with Crippen molar-refractivity contribution in [1.82, 2.24) is 10.2 Å². The van der Waals surface area contributed by atoms with E-state index in [0.717, 1.165) is 24.1 Å². The van der Waals surface area contributed by atoms with Crippen LogP contribution in [0.15, 0.2) is 72.8 Å². The third-order valence-corrected chi connectivity index (χ3v) is 6.12. The topological polar surface area (TPSA) is 32.3 Å². The molecule has 0 radical (unpaired) electrons. The van der Waals surface area contributed by atoms with Crippen molar-refractivity contribution in [2.45, 2.75) is 38.8 Å². The average Bonchev–Trinajstić information content (AvgIpc) is 3.20. The molecule has 160 valence electrons. The van der Waals surface area contributed by atoms with Crippen molar-refractivity contribution in [2.24, 2.45) is 0 Å². The highest BCUT2D eigenvalue weighted by Gasteiger charge is 2.19. The van der Waals surface area contributed by atoms with Crippen LogP contribution in [0.5, 0.6) is 0 Å². The molecule has 1 unspecified atom stereocenters. The van der Waals surface area contributed by atoms with Gasteiger partial charge < -0.3 is 5.32 Å². The molecule has 4 rings (SSSR count). The van der Waals surface area contributed by atoms with Crippen LogP contribution in [0.25, 0.3) is 11.1 Å². The van der Waals surface area contributed by atoms with Crippen molar-refractivity contribution >= 4 is 5.91 Å². The number of halogens is 1. The van der Waals surface area contributed by atoms with Crippen molar-refractivity contribution in [1.29, 1.82) is 0 Å². The number of likely N-dealkylation sites (tertiary alicyclic amines) is 1. The zero-order valence-electron chi connectivity index (χ0n) is 18.0. The molecule has 1 aliphatic rings. The summed E-state index contributed by atoms with van der Waals surface area (Å²) < 4.78 is 13.1. The van der Waals surface area contributed by atoms with Gasteiger partial charge in [-0.05, 0) is 79.3 Å². The second-order valence-electron chi connectivity index (χ2n) is 8.37. The summed E-state index contributed by atoms with van der Waals surface area (Å²) in [5, 5.41) is 3.00. The Morgan fingerprint density at radius 1 is 0.935 bits per heavy atom. The second kappa shape index (κ2) is 9.88. The maximum absolute atomic E-state index is 13.1.